The van der Waals surface area contributed by atoms with Gasteiger partial charge in [-0.05, 0) is 18.6 Å². The van der Waals surface area contributed by atoms with Crippen LogP contribution in [-0.2, 0) is 12.2 Å². The van der Waals surface area contributed by atoms with Crippen molar-refractivity contribution in [1.82, 2.24) is 34.5 Å². The van der Waals surface area contributed by atoms with E-state index in [2.05, 4.69) is 25.1 Å². The Labute approximate surface area is 115 Å². The van der Waals surface area contributed by atoms with Crippen molar-refractivity contribution in [2.45, 2.75) is 18.6 Å². The van der Waals surface area contributed by atoms with Gasteiger partial charge in [-0.1, -0.05) is 6.07 Å². The van der Waals surface area contributed by atoms with Crippen molar-refractivity contribution in [1.29, 1.82) is 0 Å². The monoisotopic (exact) mass is 270 g/mol. The Morgan fingerprint density at radius 1 is 1.05 bits per heavy atom. The summed E-state index contributed by atoms with van der Waals surface area (Å²) in [4.78, 5) is 12.2. The molecule has 102 valence electrons. The third kappa shape index (κ3) is 2.28. The maximum absolute atomic E-state index is 6.47. The Hall–Kier alpha value is -2.61. The van der Waals surface area contributed by atoms with Crippen molar-refractivity contribution in [2.75, 3.05) is 0 Å². The molecule has 8 heteroatoms. The number of rotatable bonds is 5. The van der Waals surface area contributed by atoms with E-state index in [0.717, 1.165) is 5.69 Å². The lowest BCUT2D eigenvalue weighted by Gasteiger charge is -2.29. The van der Waals surface area contributed by atoms with Crippen LogP contribution in [0.15, 0.2) is 49.7 Å². The smallest absolute Gasteiger partial charge is 0.209 e. The van der Waals surface area contributed by atoms with Gasteiger partial charge in [0, 0.05) is 18.3 Å². The van der Waals surface area contributed by atoms with Crippen LogP contribution in [0.3, 0.4) is 0 Å². The standard InChI is InChI=1S/C12H14N8/c13-12(19-9-14-7-17-19,20-10-15-8-18-20)5-4-11-3-1-2-6-16-11/h1-3,6-10H,4-5,13H2. The van der Waals surface area contributed by atoms with E-state index in [1.54, 1.807) is 28.2 Å². The highest BCUT2D eigenvalue weighted by Gasteiger charge is 2.31. The van der Waals surface area contributed by atoms with Crippen molar-refractivity contribution in [3.05, 3.63) is 55.4 Å². The Balaban J connectivity index is 1.87. The van der Waals surface area contributed by atoms with Crippen LogP contribution < -0.4 is 5.73 Å². The van der Waals surface area contributed by atoms with Crippen LogP contribution in [0.4, 0.5) is 0 Å². The zero-order valence-corrected chi connectivity index (χ0v) is 10.7. The minimum Gasteiger partial charge on any atom is -0.288 e. The molecular formula is C12H14N8. The lowest BCUT2D eigenvalue weighted by Crippen LogP contribution is -2.51. The zero-order chi connectivity index (χ0) is 13.8. The summed E-state index contributed by atoms with van der Waals surface area (Å²) in [5, 5.41) is 8.26. The highest BCUT2D eigenvalue weighted by molar-refractivity contribution is 5.04. The SMILES string of the molecule is NC(CCc1ccccn1)(n1cncn1)n1cncn1. The van der Waals surface area contributed by atoms with Crippen molar-refractivity contribution in [3.63, 3.8) is 0 Å². The van der Waals surface area contributed by atoms with E-state index in [4.69, 9.17) is 5.73 Å². The second kappa shape index (κ2) is 5.17. The molecule has 0 radical (unpaired) electrons. The van der Waals surface area contributed by atoms with E-state index in [9.17, 15) is 0 Å². The average molecular weight is 270 g/mol. The summed E-state index contributed by atoms with van der Waals surface area (Å²) in [6.07, 6.45) is 9.05. The highest BCUT2D eigenvalue weighted by Crippen LogP contribution is 2.17. The van der Waals surface area contributed by atoms with Crippen molar-refractivity contribution < 1.29 is 0 Å². The Morgan fingerprint density at radius 3 is 2.25 bits per heavy atom. The number of aromatic nitrogens is 7. The minimum atomic E-state index is -0.954. The molecule has 0 saturated heterocycles. The average Bonchev–Trinajstić information content (AvgIpc) is 3.18. The quantitative estimate of drug-likeness (QED) is 0.701. The van der Waals surface area contributed by atoms with Gasteiger partial charge in [0.15, 0.2) is 0 Å². The predicted octanol–water partition coefficient (Wildman–Crippen LogP) is 0.0147. The maximum atomic E-state index is 6.47. The van der Waals surface area contributed by atoms with Crippen LogP contribution in [0.5, 0.6) is 0 Å². The Kier molecular flexibility index (Phi) is 3.21. The molecule has 20 heavy (non-hydrogen) atoms. The molecule has 0 atom stereocenters. The number of hydrogen-bond acceptors (Lipinski definition) is 6. The first-order chi connectivity index (χ1) is 9.79. The second-order valence-electron chi connectivity index (χ2n) is 4.38. The van der Waals surface area contributed by atoms with Gasteiger partial charge in [0.25, 0.3) is 0 Å². The lowest BCUT2D eigenvalue weighted by molar-refractivity contribution is 0.171. The van der Waals surface area contributed by atoms with E-state index in [0.29, 0.717) is 12.8 Å². The summed E-state index contributed by atoms with van der Waals surface area (Å²) in [5.41, 5.74) is 7.43. The normalized spacial score (nSPS) is 11.7. The number of aryl methyl sites for hydroxylation is 1. The largest absolute Gasteiger partial charge is 0.288 e. The van der Waals surface area contributed by atoms with Crippen LogP contribution in [0.2, 0.25) is 0 Å². The van der Waals surface area contributed by atoms with Crippen molar-refractivity contribution in [3.8, 4) is 0 Å². The summed E-state index contributed by atoms with van der Waals surface area (Å²) in [7, 11) is 0. The van der Waals surface area contributed by atoms with Gasteiger partial charge in [0.2, 0.25) is 5.79 Å². The van der Waals surface area contributed by atoms with Gasteiger partial charge in [-0.15, -0.1) is 0 Å². The van der Waals surface area contributed by atoms with Crippen molar-refractivity contribution >= 4 is 0 Å². The van der Waals surface area contributed by atoms with E-state index in [1.807, 2.05) is 18.2 Å². The summed E-state index contributed by atoms with van der Waals surface area (Å²) in [6.45, 7) is 0. The van der Waals surface area contributed by atoms with Gasteiger partial charge in [-0.2, -0.15) is 10.2 Å². The molecule has 0 aromatic carbocycles. The van der Waals surface area contributed by atoms with E-state index in [-0.39, 0.29) is 0 Å². The molecule has 0 aliphatic heterocycles. The molecule has 0 saturated carbocycles. The molecule has 3 aromatic heterocycles. The van der Waals surface area contributed by atoms with Gasteiger partial charge >= 0.3 is 0 Å². The lowest BCUT2D eigenvalue weighted by atomic mass is 10.1. The van der Waals surface area contributed by atoms with E-state index < -0.39 is 5.79 Å². The highest BCUT2D eigenvalue weighted by atomic mass is 15.6. The van der Waals surface area contributed by atoms with Crippen LogP contribution in [0, 0.1) is 0 Å². The molecule has 0 bridgehead atoms. The number of hydrogen-bond donors (Lipinski definition) is 1. The van der Waals surface area contributed by atoms with Crippen molar-refractivity contribution in [2.24, 2.45) is 5.73 Å². The molecule has 8 nitrogen and oxygen atoms in total. The fourth-order valence-corrected chi connectivity index (χ4v) is 2.01. The van der Waals surface area contributed by atoms with Gasteiger partial charge in [-0.3, -0.25) is 10.7 Å². The van der Waals surface area contributed by atoms with Crippen LogP contribution in [0.25, 0.3) is 0 Å². The predicted molar refractivity (Wildman–Crippen MR) is 70.2 cm³/mol. The first-order valence-electron chi connectivity index (χ1n) is 6.18. The first-order valence-corrected chi connectivity index (χ1v) is 6.18. The fraction of sp³-hybridized carbons (Fsp3) is 0.250. The molecule has 3 heterocycles. The molecule has 3 aromatic rings. The van der Waals surface area contributed by atoms with Gasteiger partial charge in [0.1, 0.15) is 25.3 Å². The topological polar surface area (TPSA) is 100 Å². The molecule has 0 amide bonds. The maximum Gasteiger partial charge on any atom is 0.209 e. The molecule has 0 unspecified atom stereocenters. The summed E-state index contributed by atoms with van der Waals surface area (Å²) in [6, 6.07) is 5.79. The summed E-state index contributed by atoms with van der Waals surface area (Å²) >= 11 is 0. The van der Waals surface area contributed by atoms with E-state index >= 15 is 0 Å². The Morgan fingerprint density at radius 2 is 1.75 bits per heavy atom. The molecule has 2 N–H and O–H groups in total. The number of nitrogens with zero attached hydrogens (tertiary/aromatic N) is 7. The fourth-order valence-electron chi connectivity index (χ4n) is 2.01. The number of nitrogens with two attached hydrogens (primary N) is 1. The molecule has 0 aliphatic carbocycles. The molecule has 3 rings (SSSR count). The molecule has 0 fully saturated rings. The Bertz CT molecular complexity index is 597. The van der Waals surface area contributed by atoms with Crippen LogP contribution in [-0.4, -0.2) is 34.5 Å². The van der Waals surface area contributed by atoms with Crippen LogP contribution in [0.1, 0.15) is 12.1 Å². The second-order valence-corrected chi connectivity index (χ2v) is 4.38. The summed E-state index contributed by atoms with van der Waals surface area (Å²) in [5.74, 6) is -0.954. The minimum absolute atomic E-state index is 0.566. The van der Waals surface area contributed by atoms with Gasteiger partial charge in [0.05, 0.1) is 0 Å². The van der Waals surface area contributed by atoms with Gasteiger partial charge in [-0.25, -0.2) is 19.3 Å². The summed E-state index contributed by atoms with van der Waals surface area (Å²) < 4.78 is 3.15. The molecular weight excluding hydrogens is 256 g/mol. The third-order valence-electron chi connectivity index (χ3n) is 3.11. The third-order valence-corrected chi connectivity index (χ3v) is 3.11. The van der Waals surface area contributed by atoms with Crippen LogP contribution >= 0.6 is 0 Å². The molecule has 0 spiro atoms. The number of pyridine rings is 1. The van der Waals surface area contributed by atoms with E-state index in [1.165, 1.54) is 12.7 Å². The first kappa shape index (κ1) is 12.4. The van der Waals surface area contributed by atoms with Gasteiger partial charge < -0.3 is 0 Å². The molecule has 0 aliphatic rings. The zero-order valence-electron chi connectivity index (χ0n) is 10.7.